The molecule has 3 heterocycles. The van der Waals surface area contributed by atoms with Gasteiger partial charge in [0.1, 0.15) is 16.5 Å². The molecule has 2 aromatic rings. The van der Waals surface area contributed by atoms with Gasteiger partial charge in [-0.1, -0.05) is 0 Å². The molecule has 0 bridgehead atoms. The summed E-state index contributed by atoms with van der Waals surface area (Å²) in [5, 5.41) is 2.98. The highest BCUT2D eigenvalue weighted by atomic mass is 32.1. The zero-order valence-corrected chi connectivity index (χ0v) is 12.9. The smallest absolute Gasteiger partial charge is 0.146 e. The molecule has 0 radical (unpaired) electrons. The lowest BCUT2D eigenvalue weighted by atomic mass is 10.1. The normalized spacial score (nSPS) is 20.2. The van der Waals surface area contributed by atoms with Gasteiger partial charge in [0.2, 0.25) is 0 Å². The first-order chi connectivity index (χ1) is 9.61. The SMILES string of the molecule is CN1CCC(CN(C)Cc2nc(N)c3ccsc3n2)C1. The van der Waals surface area contributed by atoms with Crippen molar-refractivity contribution < 1.29 is 0 Å². The molecule has 0 spiro atoms. The molecular weight excluding hydrogens is 270 g/mol. The zero-order chi connectivity index (χ0) is 14.1. The van der Waals surface area contributed by atoms with E-state index in [4.69, 9.17) is 5.73 Å². The van der Waals surface area contributed by atoms with Crippen molar-refractivity contribution in [1.29, 1.82) is 0 Å². The number of nitrogens with two attached hydrogens (primary N) is 1. The first kappa shape index (κ1) is 13.7. The Morgan fingerprint density at radius 1 is 1.50 bits per heavy atom. The lowest BCUT2D eigenvalue weighted by molar-refractivity contribution is 0.262. The molecule has 0 saturated carbocycles. The molecule has 3 rings (SSSR count). The van der Waals surface area contributed by atoms with Crippen molar-refractivity contribution in [1.82, 2.24) is 19.8 Å². The molecule has 2 N–H and O–H groups in total. The average molecular weight is 291 g/mol. The van der Waals surface area contributed by atoms with E-state index >= 15 is 0 Å². The van der Waals surface area contributed by atoms with Gasteiger partial charge in [0, 0.05) is 13.1 Å². The number of hydrogen-bond donors (Lipinski definition) is 1. The van der Waals surface area contributed by atoms with E-state index in [2.05, 4.69) is 33.9 Å². The molecule has 0 aliphatic carbocycles. The monoisotopic (exact) mass is 291 g/mol. The van der Waals surface area contributed by atoms with Crippen molar-refractivity contribution in [2.24, 2.45) is 5.92 Å². The molecule has 0 amide bonds. The summed E-state index contributed by atoms with van der Waals surface area (Å²) in [7, 11) is 4.32. The molecule has 2 aromatic heterocycles. The quantitative estimate of drug-likeness (QED) is 0.928. The molecular formula is C14H21N5S. The summed E-state index contributed by atoms with van der Waals surface area (Å²) in [5.74, 6) is 2.18. The Labute approximate surface area is 123 Å². The van der Waals surface area contributed by atoms with E-state index in [1.54, 1.807) is 11.3 Å². The van der Waals surface area contributed by atoms with Gasteiger partial charge in [-0.2, -0.15) is 0 Å². The standard InChI is InChI=1S/C14H21N5S/c1-18-5-3-10(7-18)8-19(2)9-12-16-13(15)11-4-6-20-14(11)17-12/h4,6,10H,3,5,7-9H2,1-2H3,(H2,15,16,17). The molecule has 6 heteroatoms. The van der Waals surface area contributed by atoms with Crippen LogP contribution in [0.5, 0.6) is 0 Å². The number of thiophene rings is 1. The number of nitrogen functional groups attached to an aromatic ring is 1. The predicted octanol–water partition coefficient (Wildman–Crippen LogP) is 1.66. The molecule has 20 heavy (non-hydrogen) atoms. The Balaban J connectivity index is 1.66. The van der Waals surface area contributed by atoms with E-state index in [9.17, 15) is 0 Å². The van der Waals surface area contributed by atoms with Crippen LogP contribution in [0.25, 0.3) is 10.2 Å². The summed E-state index contributed by atoms with van der Waals surface area (Å²) in [4.78, 5) is 14.7. The third-order valence-electron chi connectivity index (χ3n) is 3.87. The minimum atomic E-state index is 0.597. The van der Waals surface area contributed by atoms with Gasteiger partial charge in [-0.25, -0.2) is 9.97 Å². The third-order valence-corrected chi connectivity index (χ3v) is 4.68. The number of hydrogen-bond acceptors (Lipinski definition) is 6. The van der Waals surface area contributed by atoms with Crippen molar-refractivity contribution in [2.45, 2.75) is 13.0 Å². The average Bonchev–Trinajstić information content (AvgIpc) is 2.98. The summed E-state index contributed by atoms with van der Waals surface area (Å²) >= 11 is 1.62. The van der Waals surface area contributed by atoms with E-state index in [1.165, 1.54) is 19.5 Å². The summed E-state index contributed by atoms with van der Waals surface area (Å²) in [6.45, 7) is 4.26. The highest BCUT2D eigenvalue weighted by Gasteiger charge is 2.21. The topological polar surface area (TPSA) is 58.3 Å². The van der Waals surface area contributed by atoms with Gasteiger partial charge < -0.3 is 10.6 Å². The van der Waals surface area contributed by atoms with Crippen LogP contribution in [0, 0.1) is 5.92 Å². The number of nitrogens with zero attached hydrogens (tertiary/aromatic N) is 4. The van der Waals surface area contributed by atoms with Gasteiger partial charge >= 0.3 is 0 Å². The summed E-state index contributed by atoms with van der Waals surface area (Å²) in [6, 6.07) is 1.98. The number of fused-ring (bicyclic) bond motifs is 1. The highest BCUT2D eigenvalue weighted by molar-refractivity contribution is 7.16. The van der Waals surface area contributed by atoms with Gasteiger partial charge in [-0.05, 0) is 44.4 Å². The Bertz CT molecular complexity index is 596. The Kier molecular flexibility index (Phi) is 3.87. The lowest BCUT2D eigenvalue weighted by Gasteiger charge is -2.20. The van der Waals surface area contributed by atoms with E-state index in [-0.39, 0.29) is 0 Å². The minimum Gasteiger partial charge on any atom is -0.383 e. The van der Waals surface area contributed by atoms with Crippen molar-refractivity contribution in [2.75, 3.05) is 39.5 Å². The van der Waals surface area contributed by atoms with Crippen molar-refractivity contribution in [3.05, 3.63) is 17.3 Å². The molecule has 1 aliphatic heterocycles. The molecule has 1 atom stereocenters. The van der Waals surface area contributed by atoms with E-state index in [0.29, 0.717) is 5.82 Å². The summed E-state index contributed by atoms with van der Waals surface area (Å²) in [6.07, 6.45) is 1.29. The van der Waals surface area contributed by atoms with Crippen LogP contribution in [0.1, 0.15) is 12.2 Å². The second-order valence-electron chi connectivity index (χ2n) is 5.78. The van der Waals surface area contributed by atoms with Crippen LogP contribution in [0.15, 0.2) is 11.4 Å². The second-order valence-corrected chi connectivity index (χ2v) is 6.67. The van der Waals surface area contributed by atoms with Crippen LogP contribution in [0.2, 0.25) is 0 Å². The minimum absolute atomic E-state index is 0.597. The van der Waals surface area contributed by atoms with Crippen LogP contribution in [0.4, 0.5) is 5.82 Å². The van der Waals surface area contributed by atoms with E-state index in [0.717, 1.165) is 35.0 Å². The van der Waals surface area contributed by atoms with Gasteiger partial charge in [-0.3, -0.25) is 4.90 Å². The largest absolute Gasteiger partial charge is 0.383 e. The predicted molar refractivity (Wildman–Crippen MR) is 83.8 cm³/mol. The first-order valence-corrected chi connectivity index (χ1v) is 7.86. The summed E-state index contributed by atoms with van der Waals surface area (Å²) in [5.41, 5.74) is 5.99. The van der Waals surface area contributed by atoms with Crippen molar-refractivity contribution >= 4 is 27.4 Å². The Morgan fingerprint density at radius 3 is 3.10 bits per heavy atom. The molecule has 108 valence electrons. The number of aromatic nitrogens is 2. The molecule has 1 saturated heterocycles. The highest BCUT2D eigenvalue weighted by Crippen LogP contribution is 2.23. The van der Waals surface area contributed by atoms with Crippen LogP contribution < -0.4 is 5.73 Å². The van der Waals surface area contributed by atoms with Gasteiger partial charge in [-0.15, -0.1) is 11.3 Å². The maximum atomic E-state index is 5.99. The summed E-state index contributed by atoms with van der Waals surface area (Å²) < 4.78 is 0. The van der Waals surface area contributed by atoms with Gasteiger partial charge in [0.25, 0.3) is 0 Å². The van der Waals surface area contributed by atoms with Gasteiger partial charge in [0.05, 0.1) is 11.9 Å². The molecule has 0 aromatic carbocycles. The fourth-order valence-corrected chi connectivity index (χ4v) is 3.71. The molecule has 1 fully saturated rings. The first-order valence-electron chi connectivity index (χ1n) is 6.98. The van der Waals surface area contributed by atoms with E-state index < -0.39 is 0 Å². The Hall–Kier alpha value is -1.24. The second kappa shape index (κ2) is 5.63. The van der Waals surface area contributed by atoms with Gasteiger partial charge in [0.15, 0.2) is 0 Å². The number of rotatable bonds is 4. The molecule has 1 unspecified atom stereocenters. The fraction of sp³-hybridized carbons (Fsp3) is 0.571. The lowest BCUT2D eigenvalue weighted by Crippen LogP contribution is -2.27. The van der Waals surface area contributed by atoms with E-state index in [1.807, 2.05) is 11.4 Å². The third kappa shape index (κ3) is 2.92. The number of anilines is 1. The van der Waals surface area contributed by atoms with Crippen LogP contribution in [-0.2, 0) is 6.54 Å². The maximum Gasteiger partial charge on any atom is 0.146 e. The maximum absolute atomic E-state index is 5.99. The molecule has 1 aliphatic rings. The zero-order valence-electron chi connectivity index (χ0n) is 12.0. The Morgan fingerprint density at radius 2 is 2.35 bits per heavy atom. The van der Waals surface area contributed by atoms with Crippen LogP contribution in [0.3, 0.4) is 0 Å². The van der Waals surface area contributed by atoms with Crippen molar-refractivity contribution in [3.63, 3.8) is 0 Å². The van der Waals surface area contributed by atoms with Crippen LogP contribution in [-0.4, -0.2) is 53.5 Å². The number of likely N-dealkylation sites (tertiary alicyclic amines) is 1. The molecule has 5 nitrogen and oxygen atoms in total. The van der Waals surface area contributed by atoms with Crippen LogP contribution >= 0.6 is 11.3 Å². The van der Waals surface area contributed by atoms with Crippen molar-refractivity contribution in [3.8, 4) is 0 Å². The fourth-order valence-electron chi connectivity index (χ4n) is 2.92.